The van der Waals surface area contributed by atoms with Gasteiger partial charge in [-0.2, -0.15) is 0 Å². The Balaban J connectivity index is 3.38. The van der Waals surface area contributed by atoms with Crippen LogP contribution in [0.2, 0.25) is 0 Å². The van der Waals surface area contributed by atoms with Gasteiger partial charge in [0.05, 0.1) is 0 Å². The van der Waals surface area contributed by atoms with Crippen molar-refractivity contribution in [1.29, 1.82) is 0 Å². The Morgan fingerprint density at radius 1 is 0.571 bits per heavy atom. The van der Waals surface area contributed by atoms with Crippen LogP contribution in [0.25, 0.3) is 0 Å². The van der Waals surface area contributed by atoms with Crippen molar-refractivity contribution in [3.63, 3.8) is 0 Å². The maximum atomic E-state index is 2.54. The molecule has 1 rings (SSSR count). The molecule has 0 spiro atoms. The molecule has 14 heavy (non-hydrogen) atoms. The molecule has 1 aliphatic heterocycles. The minimum atomic E-state index is 0.250. The average molecular weight is 197 g/mol. The lowest BCUT2D eigenvalue weighted by Crippen LogP contribution is -2.49. The smallest absolute Gasteiger partial charge is 0.0212 e. The lowest BCUT2D eigenvalue weighted by atomic mass is 9.57. The lowest BCUT2D eigenvalue weighted by Gasteiger charge is -2.45. The zero-order valence-corrected chi connectivity index (χ0v) is 11.4. The Kier molecular flexibility index (Phi) is 2.19. The average Bonchev–Trinajstić information content (AvgIpc) is 2.05. The first-order valence-corrected chi connectivity index (χ1v) is 5.64. The number of hydrogen-bond acceptors (Lipinski definition) is 1. The van der Waals surface area contributed by atoms with Crippen LogP contribution in [0.15, 0.2) is 0 Å². The molecule has 0 bridgehead atoms. The molecular formula is C13H27N. The lowest BCUT2D eigenvalue weighted by molar-refractivity contribution is 0.0698. The van der Waals surface area contributed by atoms with Crippen LogP contribution >= 0.6 is 0 Å². The van der Waals surface area contributed by atoms with Gasteiger partial charge in [0.1, 0.15) is 0 Å². The number of nitrogens with zero attached hydrogens (tertiary/aromatic N) is 1. The summed E-state index contributed by atoms with van der Waals surface area (Å²) in [6.45, 7) is 19.1. The van der Waals surface area contributed by atoms with Crippen LogP contribution in [0, 0.1) is 10.8 Å². The summed E-state index contributed by atoms with van der Waals surface area (Å²) in [7, 11) is 2.26. The minimum absolute atomic E-state index is 0.250. The van der Waals surface area contributed by atoms with Crippen molar-refractivity contribution >= 4 is 0 Å². The minimum Gasteiger partial charge on any atom is -0.295 e. The fraction of sp³-hybridized carbons (Fsp3) is 1.00. The molecule has 0 aliphatic carbocycles. The molecule has 0 aromatic rings. The van der Waals surface area contributed by atoms with E-state index in [2.05, 4.69) is 67.3 Å². The molecule has 1 heteroatoms. The second-order valence-electron chi connectivity index (χ2n) is 6.93. The summed E-state index contributed by atoms with van der Waals surface area (Å²) in [6, 6.07) is 0. The third-order valence-corrected chi connectivity index (χ3v) is 6.30. The first kappa shape index (κ1) is 12.0. The molecular weight excluding hydrogens is 170 g/mol. The van der Waals surface area contributed by atoms with Gasteiger partial charge < -0.3 is 0 Å². The van der Waals surface area contributed by atoms with Gasteiger partial charge in [0.2, 0.25) is 0 Å². The molecule has 0 unspecified atom stereocenters. The van der Waals surface area contributed by atoms with Gasteiger partial charge >= 0.3 is 0 Å². The van der Waals surface area contributed by atoms with E-state index in [0.29, 0.717) is 10.8 Å². The van der Waals surface area contributed by atoms with Crippen molar-refractivity contribution in [2.45, 2.75) is 66.5 Å². The Bertz CT molecular complexity index is 220. The second kappa shape index (κ2) is 2.55. The maximum absolute atomic E-state index is 2.54. The van der Waals surface area contributed by atoms with Crippen LogP contribution in [0.5, 0.6) is 0 Å². The molecule has 0 amide bonds. The van der Waals surface area contributed by atoms with Gasteiger partial charge in [-0.1, -0.05) is 27.7 Å². The zero-order valence-electron chi connectivity index (χ0n) is 11.4. The van der Waals surface area contributed by atoms with E-state index in [1.54, 1.807) is 0 Å². The normalized spacial score (nSPS) is 33.2. The zero-order chi connectivity index (χ0) is 11.6. The fourth-order valence-corrected chi connectivity index (χ4v) is 3.07. The predicted molar refractivity (Wildman–Crippen MR) is 63.5 cm³/mol. The molecule has 1 heterocycles. The van der Waals surface area contributed by atoms with Crippen LogP contribution in [-0.4, -0.2) is 23.0 Å². The van der Waals surface area contributed by atoms with Crippen LogP contribution in [0.1, 0.15) is 55.4 Å². The molecule has 0 N–H and O–H groups in total. The highest BCUT2D eigenvalue weighted by atomic mass is 15.3. The first-order valence-electron chi connectivity index (χ1n) is 5.64. The van der Waals surface area contributed by atoms with Crippen molar-refractivity contribution in [3.8, 4) is 0 Å². The Morgan fingerprint density at radius 3 is 0.857 bits per heavy atom. The molecule has 0 saturated carbocycles. The monoisotopic (exact) mass is 197 g/mol. The van der Waals surface area contributed by atoms with E-state index in [9.17, 15) is 0 Å². The number of likely N-dealkylation sites (tertiary alicyclic amines) is 1. The van der Waals surface area contributed by atoms with E-state index in [1.165, 1.54) is 0 Å². The van der Waals surface area contributed by atoms with Crippen molar-refractivity contribution in [2.24, 2.45) is 10.8 Å². The summed E-state index contributed by atoms with van der Waals surface area (Å²) in [6.07, 6.45) is 0. The van der Waals surface area contributed by atoms with E-state index in [4.69, 9.17) is 0 Å². The van der Waals surface area contributed by atoms with E-state index in [0.717, 1.165) is 0 Å². The third kappa shape index (κ3) is 0.946. The molecule has 84 valence electrons. The maximum Gasteiger partial charge on any atom is 0.0212 e. The van der Waals surface area contributed by atoms with Gasteiger partial charge in [-0.05, 0) is 45.6 Å². The second-order valence-corrected chi connectivity index (χ2v) is 6.93. The number of rotatable bonds is 0. The van der Waals surface area contributed by atoms with Crippen LogP contribution in [-0.2, 0) is 0 Å². The molecule has 1 aliphatic rings. The Hall–Kier alpha value is -0.0400. The topological polar surface area (TPSA) is 3.24 Å². The highest BCUT2D eigenvalue weighted by Crippen LogP contribution is 2.62. The van der Waals surface area contributed by atoms with Gasteiger partial charge in [0.15, 0.2) is 0 Å². The predicted octanol–water partition coefficient (Wildman–Crippen LogP) is 3.54. The quantitative estimate of drug-likeness (QED) is 0.574. The molecule has 1 nitrogen and oxygen atoms in total. The van der Waals surface area contributed by atoms with Crippen molar-refractivity contribution in [3.05, 3.63) is 0 Å². The Labute approximate surface area is 89.9 Å². The van der Waals surface area contributed by atoms with E-state index in [-0.39, 0.29) is 11.1 Å². The van der Waals surface area contributed by atoms with Crippen LogP contribution < -0.4 is 0 Å². The van der Waals surface area contributed by atoms with E-state index in [1.807, 2.05) is 0 Å². The molecule has 1 saturated heterocycles. The summed E-state index contributed by atoms with van der Waals surface area (Å²) >= 11 is 0. The van der Waals surface area contributed by atoms with Crippen molar-refractivity contribution in [2.75, 3.05) is 7.05 Å². The van der Waals surface area contributed by atoms with E-state index < -0.39 is 0 Å². The summed E-state index contributed by atoms with van der Waals surface area (Å²) in [4.78, 5) is 2.54. The molecule has 1 fully saturated rings. The Morgan fingerprint density at radius 2 is 0.786 bits per heavy atom. The van der Waals surface area contributed by atoms with Gasteiger partial charge in [-0.25, -0.2) is 0 Å². The highest BCUT2D eigenvalue weighted by Gasteiger charge is 2.65. The SMILES string of the molecule is CN1C(C)(C)C(C)(C)C(C)(C)C1(C)C. The summed E-state index contributed by atoms with van der Waals surface area (Å²) in [5.74, 6) is 0. The number of hydrogen-bond donors (Lipinski definition) is 0. The molecule has 0 aromatic heterocycles. The third-order valence-electron chi connectivity index (χ3n) is 6.30. The molecule has 0 aromatic carbocycles. The largest absolute Gasteiger partial charge is 0.295 e. The summed E-state index contributed by atoms with van der Waals surface area (Å²) < 4.78 is 0. The fourth-order valence-electron chi connectivity index (χ4n) is 3.07. The van der Waals surface area contributed by atoms with E-state index >= 15 is 0 Å². The highest BCUT2D eigenvalue weighted by molar-refractivity contribution is 5.18. The van der Waals surface area contributed by atoms with Crippen molar-refractivity contribution in [1.82, 2.24) is 4.90 Å². The summed E-state index contributed by atoms with van der Waals surface area (Å²) in [5, 5.41) is 0. The standard InChI is InChI=1S/C13H27N/c1-10(2)11(3,4)13(7,8)14(9)12(10,5)6/h1-9H3. The first-order chi connectivity index (χ1) is 5.90. The van der Waals surface area contributed by atoms with Crippen molar-refractivity contribution < 1.29 is 0 Å². The summed E-state index contributed by atoms with van der Waals surface area (Å²) in [5.41, 5.74) is 1.14. The van der Waals surface area contributed by atoms with Gasteiger partial charge in [0.25, 0.3) is 0 Å². The molecule has 0 atom stereocenters. The van der Waals surface area contributed by atoms with Gasteiger partial charge in [-0.3, -0.25) is 4.90 Å². The molecule has 0 radical (unpaired) electrons. The van der Waals surface area contributed by atoms with Gasteiger partial charge in [0, 0.05) is 11.1 Å². The van der Waals surface area contributed by atoms with Gasteiger partial charge in [-0.15, -0.1) is 0 Å². The van der Waals surface area contributed by atoms with Crippen LogP contribution in [0.4, 0.5) is 0 Å². The van der Waals surface area contributed by atoms with Crippen LogP contribution in [0.3, 0.4) is 0 Å².